The van der Waals surface area contributed by atoms with Gasteiger partial charge in [-0.05, 0) is 55.7 Å². The van der Waals surface area contributed by atoms with Crippen LogP contribution in [0.2, 0.25) is 0 Å². The Morgan fingerprint density at radius 2 is 1.70 bits per heavy atom. The number of anilines is 1. The van der Waals surface area contributed by atoms with Gasteiger partial charge >= 0.3 is 5.97 Å². The monoisotopic (exact) mass is 462 g/mol. The van der Waals surface area contributed by atoms with Gasteiger partial charge in [-0.2, -0.15) is 0 Å². The molecule has 0 unspecified atom stereocenters. The zero-order chi connectivity index (χ0) is 23.1. The molecule has 1 aliphatic carbocycles. The van der Waals surface area contributed by atoms with E-state index in [-0.39, 0.29) is 6.61 Å². The highest BCUT2D eigenvalue weighted by Crippen LogP contribution is 2.38. The molecule has 2 aromatic carbocycles. The van der Waals surface area contributed by atoms with Crippen LogP contribution in [0.4, 0.5) is 5.00 Å². The first kappa shape index (κ1) is 21.3. The van der Waals surface area contributed by atoms with Crippen LogP contribution in [0.1, 0.15) is 61.3 Å². The highest BCUT2D eigenvalue weighted by atomic mass is 32.1. The molecule has 2 aliphatic rings. The Balaban J connectivity index is 1.42. The lowest BCUT2D eigenvalue weighted by molar-refractivity contribution is -0.116. The molecule has 0 atom stereocenters. The maximum Gasteiger partial charge on any atom is 0.341 e. The van der Waals surface area contributed by atoms with Crippen molar-refractivity contribution < 1.29 is 23.9 Å². The predicted octanol–water partition coefficient (Wildman–Crippen LogP) is 4.19. The third-order valence-electron chi connectivity index (χ3n) is 6.06. The van der Waals surface area contributed by atoms with Crippen molar-refractivity contribution in [3.05, 3.63) is 63.5 Å². The van der Waals surface area contributed by atoms with E-state index in [0.29, 0.717) is 27.1 Å². The van der Waals surface area contributed by atoms with Crippen LogP contribution in [0.5, 0.6) is 0 Å². The number of aryl methyl sites for hydroxylation is 1. The van der Waals surface area contributed by atoms with Crippen LogP contribution in [0.15, 0.2) is 36.4 Å². The Bertz CT molecular complexity index is 1280. The number of amides is 3. The van der Waals surface area contributed by atoms with Gasteiger partial charge in [0.15, 0.2) is 0 Å². The largest absolute Gasteiger partial charge is 0.462 e. The first-order chi connectivity index (χ1) is 16.0. The van der Waals surface area contributed by atoms with Crippen LogP contribution < -0.4 is 5.32 Å². The number of rotatable bonds is 5. The Labute approximate surface area is 194 Å². The number of nitrogens with one attached hydrogen (secondary N) is 1. The number of fused-ring (bicyclic) bond motifs is 1. The second-order valence-corrected chi connectivity index (χ2v) is 9.19. The summed E-state index contributed by atoms with van der Waals surface area (Å²) in [5.74, 6) is -2.00. The quantitative estimate of drug-likeness (QED) is 0.453. The van der Waals surface area contributed by atoms with Crippen molar-refractivity contribution >= 4 is 50.8 Å². The molecule has 1 N–H and O–H groups in total. The summed E-state index contributed by atoms with van der Waals surface area (Å²) in [4.78, 5) is 53.8. The number of esters is 1. The summed E-state index contributed by atoms with van der Waals surface area (Å²) in [6.07, 6.45) is 3.63. The lowest BCUT2D eigenvalue weighted by atomic mass is 9.94. The van der Waals surface area contributed by atoms with E-state index in [1.807, 2.05) is 12.1 Å². The van der Waals surface area contributed by atoms with Crippen molar-refractivity contribution in [1.29, 1.82) is 0 Å². The number of nitrogens with zero attached hydrogens (tertiary/aromatic N) is 1. The van der Waals surface area contributed by atoms with Gasteiger partial charge in [0.1, 0.15) is 11.5 Å². The summed E-state index contributed by atoms with van der Waals surface area (Å²) in [5, 5.41) is 4.62. The van der Waals surface area contributed by atoms with Crippen LogP contribution >= 0.6 is 11.3 Å². The van der Waals surface area contributed by atoms with Gasteiger partial charge in [0.05, 0.1) is 12.2 Å². The fourth-order valence-electron chi connectivity index (χ4n) is 4.61. The molecule has 0 spiro atoms. The number of thiophene rings is 1. The standard InChI is InChI=1S/C25H22N2O5S/c1-2-32-25(31)21-15-9-3-4-12-18(15)33-22(21)26-19(28)13-27-23(29)16-10-5-7-14-8-6-11-17(20(14)16)24(27)30/h5-8,10-11H,2-4,9,12-13H2,1H3,(H,26,28). The normalized spacial score (nSPS) is 14.9. The number of hydrogen-bond donors (Lipinski definition) is 1. The number of carbonyl (C=O) groups is 4. The van der Waals surface area contributed by atoms with E-state index in [1.165, 1.54) is 11.3 Å². The molecule has 8 heteroatoms. The second-order valence-electron chi connectivity index (χ2n) is 8.09. The molecule has 7 nitrogen and oxygen atoms in total. The molecule has 0 radical (unpaired) electrons. The van der Waals surface area contributed by atoms with Crippen LogP contribution in [-0.4, -0.2) is 41.7 Å². The molecule has 33 heavy (non-hydrogen) atoms. The fourth-order valence-corrected chi connectivity index (χ4v) is 5.90. The molecule has 0 fully saturated rings. The van der Waals surface area contributed by atoms with Crippen molar-refractivity contribution in [3.63, 3.8) is 0 Å². The Morgan fingerprint density at radius 3 is 2.36 bits per heavy atom. The molecule has 0 saturated heterocycles. The lowest BCUT2D eigenvalue weighted by Gasteiger charge is -2.26. The smallest absolute Gasteiger partial charge is 0.341 e. The topological polar surface area (TPSA) is 92.8 Å². The van der Waals surface area contributed by atoms with E-state index in [4.69, 9.17) is 4.74 Å². The average molecular weight is 463 g/mol. The Kier molecular flexibility index (Phi) is 5.46. The van der Waals surface area contributed by atoms with Crippen LogP contribution in [0, 0.1) is 0 Å². The van der Waals surface area contributed by atoms with Gasteiger partial charge in [0.2, 0.25) is 5.91 Å². The summed E-state index contributed by atoms with van der Waals surface area (Å²) in [7, 11) is 0. The molecule has 0 saturated carbocycles. The van der Waals surface area contributed by atoms with Crippen LogP contribution in [0.3, 0.4) is 0 Å². The van der Waals surface area contributed by atoms with Gasteiger partial charge in [-0.3, -0.25) is 19.3 Å². The van der Waals surface area contributed by atoms with Gasteiger partial charge in [-0.1, -0.05) is 24.3 Å². The third kappa shape index (κ3) is 3.60. The summed E-state index contributed by atoms with van der Waals surface area (Å²) in [6, 6.07) is 10.5. The number of hydrogen-bond acceptors (Lipinski definition) is 6. The molecule has 3 aromatic rings. The van der Waals surface area contributed by atoms with Crippen molar-refractivity contribution in [1.82, 2.24) is 4.90 Å². The highest BCUT2D eigenvalue weighted by Gasteiger charge is 2.34. The van der Waals surface area contributed by atoms with E-state index >= 15 is 0 Å². The van der Waals surface area contributed by atoms with Crippen molar-refractivity contribution in [2.24, 2.45) is 0 Å². The van der Waals surface area contributed by atoms with Crippen LogP contribution in [0.25, 0.3) is 10.8 Å². The van der Waals surface area contributed by atoms with E-state index in [1.54, 1.807) is 31.2 Å². The maximum absolute atomic E-state index is 13.1. The Morgan fingerprint density at radius 1 is 1.03 bits per heavy atom. The lowest BCUT2D eigenvalue weighted by Crippen LogP contribution is -2.44. The van der Waals surface area contributed by atoms with Crippen molar-refractivity contribution in [2.75, 3.05) is 18.5 Å². The fraction of sp³-hybridized carbons (Fsp3) is 0.280. The van der Waals surface area contributed by atoms with E-state index < -0.39 is 30.2 Å². The molecular formula is C25H22N2O5S. The maximum atomic E-state index is 13.1. The minimum absolute atomic E-state index is 0.235. The number of benzene rings is 2. The zero-order valence-electron chi connectivity index (χ0n) is 18.1. The van der Waals surface area contributed by atoms with Crippen LogP contribution in [-0.2, 0) is 22.4 Å². The van der Waals surface area contributed by atoms with Gasteiger partial charge in [0.25, 0.3) is 11.8 Å². The number of ether oxygens (including phenoxy) is 1. The van der Waals surface area contributed by atoms with Gasteiger partial charge in [-0.15, -0.1) is 11.3 Å². The first-order valence-electron chi connectivity index (χ1n) is 11.0. The zero-order valence-corrected chi connectivity index (χ0v) is 18.9. The molecule has 168 valence electrons. The van der Waals surface area contributed by atoms with Gasteiger partial charge in [-0.25, -0.2) is 4.79 Å². The molecule has 2 heterocycles. The molecule has 5 rings (SSSR count). The van der Waals surface area contributed by atoms with Crippen molar-refractivity contribution in [3.8, 4) is 0 Å². The summed E-state index contributed by atoms with van der Waals surface area (Å²) < 4.78 is 5.23. The van der Waals surface area contributed by atoms with E-state index in [0.717, 1.165) is 46.4 Å². The Hall–Kier alpha value is -3.52. The average Bonchev–Trinajstić information content (AvgIpc) is 3.18. The third-order valence-corrected chi connectivity index (χ3v) is 7.27. The molecule has 0 bridgehead atoms. The summed E-state index contributed by atoms with van der Waals surface area (Å²) in [5.41, 5.74) is 2.13. The van der Waals surface area contributed by atoms with Crippen molar-refractivity contribution in [2.45, 2.75) is 32.6 Å². The number of carbonyl (C=O) groups excluding carboxylic acids is 4. The summed E-state index contributed by atoms with van der Waals surface area (Å²) >= 11 is 1.37. The summed E-state index contributed by atoms with van der Waals surface area (Å²) in [6.45, 7) is 1.53. The molecule has 1 aromatic heterocycles. The van der Waals surface area contributed by atoms with Gasteiger partial charge in [0, 0.05) is 21.4 Å². The molecular weight excluding hydrogens is 440 g/mol. The predicted molar refractivity (Wildman–Crippen MR) is 125 cm³/mol. The van der Waals surface area contributed by atoms with E-state index in [2.05, 4.69) is 5.32 Å². The minimum Gasteiger partial charge on any atom is -0.462 e. The number of imide groups is 1. The SMILES string of the molecule is CCOC(=O)c1c(NC(=O)CN2C(=O)c3cccc4cccc(c34)C2=O)sc2c1CCCC2. The highest BCUT2D eigenvalue weighted by molar-refractivity contribution is 7.17. The first-order valence-corrected chi connectivity index (χ1v) is 11.8. The van der Waals surface area contributed by atoms with Gasteiger partial charge < -0.3 is 10.1 Å². The minimum atomic E-state index is -0.535. The van der Waals surface area contributed by atoms with E-state index in [9.17, 15) is 19.2 Å². The second kappa shape index (κ2) is 8.44. The molecule has 3 amide bonds. The molecule has 1 aliphatic heterocycles.